The second-order valence-corrected chi connectivity index (χ2v) is 8.76. The smallest absolute Gasteiger partial charge is 0.0617 e. The standard InChI is InChI=1S/C15H25B5/c16-13(6-1-2-7-13)10-4-3-5-11-12(10)15(19,20)9-8-14(11,17)18/h3-5H,1-2,6-9,16-20H2. The maximum atomic E-state index is 2.51. The molecular formula is C15H25B5. The maximum absolute atomic E-state index is 2.51. The Labute approximate surface area is 128 Å². The quantitative estimate of drug-likeness (QED) is 0.551. The lowest BCUT2D eigenvalue weighted by atomic mass is 9.35. The minimum absolute atomic E-state index is 0.340. The fraction of sp³-hybridized carbons (Fsp3) is 0.600. The van der Waals surface area contributed by atoms with Crippen molar-refractivity contribution in [2.75, 3.05) is 0 Å². The molecule has 0 heterocycles. The maximum Gasteiger partial charge on any atom is 0.115 e. The lowest BCUT2D eigenvalue weighted by Crippen LogP contribution is -2.44. The molecule has 2 aliphatic carbocycles. The molecule has 1 saturated carbocycles. The van der Waals surface area contributed by atoms with Gasteiger partial charge in [0.25, 0.3) is 0 Å². The molecule has 0 N–H and O–H groups in total. The molecule has 0 nitrogen and oxygen atoms in total. The van der Waals surface area contributed by atoms with Crippen molar-refractivity contribution < 1.29 is 0 Å². The lowest BCUT2D eigenvalue weighted by Gasteiger charge is -2.46. The number of hydrogen-bond donors (Lipinski definition) is 0. The number of hydrogen-bond acceptors (Lipinski definition) is 0. The molecule has 100 valence electrons. The first kappa shape index (κ1) is 14.5. The summed E-state index contributed by atoms with van der Waals surface area (Å²) in [6, 6.07) is 7.16. The topological polar surface area (TPSA) is 0 Å². The first-order valence-corrected chi connectivity index (χ1v) is 8.41. The molecule has 1 aromatic carbocycles. The van der Waals surface area contributed by atoms with Crippen molar-refractivity contribution >= 4 is 39.2 Å². The summed E-state index contributed by atoms with van der Waals surface area (Å²) in [6.45, 7) is 0. The Hall–Kier alpha value is -0.455. The highest BCUT2D eigenvalue weighted by atomic mass is 14.4. The van der Waals surface area contributed by atoms with E-state index in [0.717, 1.165) is 0 Å². The summed E-state index contributed by atoms with van der Waals surface area (Å²) in [5.74, 6) is 0. The molecule has 0 amide bonds. The summed E-state index contributed by atoms with van der Waals surface area (Å²) in [4.78, 5) is 0. The Morgan fingerprint density at radius 2 is 1.25 bits per heavy atom. The summed E-state index contributed by atoms with van der Waals surface area (Å²) in [5, 5.41) is 1.11. The van der Waals surface area contributed by atoms with Crippen LogP contribution in [0.5, 0.6) is 0 Å². The summed E-state index contributed by atoms with van der Waals surface area (Å²) in [6.07, 6.45) is 8.20. The van der Waals surface area contributed by atoms with Crippen LogP contribution in [0, 0.1) is 0 Å². The molecule has 0 spiro atoms. The monoisotopic (exact) mass is 260 g/mol. The average molecular weight is 259 g/mol. The Balaban J connectivity index is 2.23. The Morgan fingerprint density at radius 3 is 1.90 bits per heavy atom. The van der Waals surface area contributed by atoms with E-state index < -0.39 is 0 Å². The molecule has 3 rings (SSSR count). The highest BCUT2D eigenvalue weighted by Gasteiger charge is 2.42. The molecule has 0 aliphatic heterocycles. The van der Waals surface area contributed by atoms with Crippen LogP contribution in [0.4, 0.5) is 0 Å². The van der Waals surface area contributed by atoms with E-state index in [1.807, 2.05) is 0 Å². The molecule has 20 heavy (non-hydrogen) atoms. The van der Waals surface area contributed by atoms with Gasteiger partial charge in [-0.3, -0.25) is 0 Å². The van der Waals surface area contributed by atoms with E-state index in [1.54, 1.807) is 16.7 Å². The molecule has 0 atom stereocenters. The molecule has 0 saturated heterocycles. The van der Waals surface area contributed by atoms with E-state index in [2.05, 4.69) is 57.4 Å². The number of benzene rings is 1. The van der Waals surface area contributed by atoms with Crippen LogP contribution in [0.25, 0.3) is 0 Å². The number of fused-ring (bicyclic) bond motifs is 1. The molecule has 0 bridgehead atoms. The molecule has 0 radical (unpaired) electrons. The molecular weight excluding hydrogens is 234 g/mol. The molecule has 1 aromatic rings. The third-order valence-corrected chi connectivity index (χ3v) is 6.20. The molecule has 0 aromatic heterocycles. The van der Waals surface area contributed by atoms with Gasteiger partial charge in [0.15, 0.2) is 0 Å². The van der Waals surface area contributed by atoms with Crippen molar-refractivity contribution in [2.24, 2.45) is 0 Å². The Bertz CT molecular complexity index is 529. The summed E-state index contributed by atoms with van der Waals surface area (Å²) >= 11 is 0. The van der Waals surface area contributed by atoms with Crippen molar-refractivity contribution in [3.63, 3.8) is 0 Å². The molecule has 5 heteroatoms. The molecule has 0 unspecified atom stereocenters. The van der Waals surface area contributed by atoms with Crippen LogP contribution in [0.3, 0.4) is 0 Å². The van der Waals surface area contributed by atoms with Gasteiger partial charge in [0.1, 0.15) is 39.2 Å². The van der Waals surface area contributed by atoms with Crippen LogP contribution in [0.2, 0.25) is 0 Å². The zero-order valence-corrected chi connectivity index (χ0v) is 14.0. The van der Waals surface area contributed by atoms with Gasteiger partial charge in [-0.1, -0.05) is 78.3 Å². The fourth-order valence-electron chi connectivity index (χ4n) is 4.66. The van der Waals surface area contributed by atoms with Gasteiger partial charge in [-0.15, -0.1) is 0 Å². The second-order valence-electron chi connectivity index (χ2n) is 8.76. The Kier molecular flexibility index (Phi) is 3.27. The minimum atomic E-state index is 0.340. The van der Waals surface area contributed by atoms with Crippen LogP contribution in [0.1, 0.15) is 55.2 Å². The van der Waals surface area contributed by atoms with Crippen molar-refractivity contribution in [3.8, 4) is 0 Å². The normalized spacial score (nSPS) is 26.0. The van der Waals surface area contributed by atoms with Crippen molar-refractivity contribution in [1.82, 2.24) is 0 Å². The van der Waals surface area contributed by atoms with E-state index in [-0.39, 0.29) is 0 Å². The molecule has 2 aliphatic rings. The predicted octanol–water partition coefficient (Wildman–Crippen LogP) is -1.28. The SMILES string of the molecule is BC1(B)CCC(B)(B)c2c1cccc2C1(B)CCCC1. The summed E-state index contributed by atoms with van der Waals surface area (Å²) in [5.41, 5.74) is 4.99. The van der Waals surface area contributed by atoms with Gasteiger partial charge in [-0.05, 0) is 10.9 Å². The van der Waals surface area contributed by atoms with Crippen LogP contribution in [-0.4, -0.2) is 39.2 Å². The van der Waals surface area contributed by atoms with Crippen LogP contribution in [0.15, 0.2) is 18.2 Å². The van der Waals surface area contributed by atoms with Gasteiger partial charge < -0.3 is 0 Å². The third-order valence-electron chi connectivity index (χ3n) is 6.20. The van der Waals surface area contributed by atoms with E-state index in [0.29, 0.717) is 15.7 Å². The third kappa shape index (κ3) is 2.12. The largest absolute Gasteiger partial charge is 0.115 e. The van der Waals surface area contributed by atoms with Gasteiger partial charge in [0.05, 0.1) is 0 Å². The summed E-state index contributed by atoms with van der Waals surface area (Å²) < 4.78 is 0. The van der Waals surface area contributed by atoms with Crippen LogP contribution >= 0.6 is 0 Å². The first-order valence-electron chi connectivity index (χ1n) is 8.41. The lowest BCUT2D eigenvalue weighted by molar-refractivity contribution is 0.547. The van der Waals surface area contributed by atoms with E-state index in [9.17, 15) is 0 Å². The zero-order valence-electron chi connectivity index (χ0n) is 14.0. The molecule has 1 fully saturated rings. The average Bonchev–Trinajstić information content (AvgIpc) is 2.83. The zero-order chi connectivity index (χ0) is 14.6. The summed E-state index contributed by atoms with van der Waals surface area (Å²) in [7, 11) is 12.3. The highest BCUT2D eigenvalue weighted by molar-refractivity contribution is 6.44. The Morgan fingerprint density at radius 1 is 0.700 bits per heavy atom. The van der Waals surface area contributed by atoms with Gasteiger partial charge in [-0.2, -0.15) is 0 Å². The highest BCUT2D eigenvalue weighted by Crippen LogP contribution is 2.48. The first-order chi connectivity index (χ1) is 9.26. The number of rotatable bonds is 1. The van der Waals surface area contributed by atoms with Gasteiger partial charge in [0, 0.05) is 0 Å². The van der Waals surface area contributed by atoms with E-state index >= 15 is 0 Å². The predicted molar refractivity (Wildman–Crippen MR) is 102 cm³/mol. The van der Waals surface area contributed by atoms with Crippen LogP contribution < -0.4 is 0 Å². The van der Waals surface area contributed by atoms with Gasteiger partial charge >= 0.3 is 0 Å². The van der Waals surface area contributed by atoms with Crippen LogP contribution in [-0.2, 0) is 15.7 Å². The second kappa shape index (κ2) is 4.52. The van der Waals surface area contributed by atoms with Gasteiger partial charge in [0.2, 0.25) is 0 Å². The van der Waals surface area contributed by atoms with E-state index in [4.69, 9.17) is 0 Å². The fourth-order valence-corrected chi connectivity index (χ4v) is 4.66. The van der Waals surface area contributed by atoms with Gasteiger partial charge in [-0.25, -0.2) is 0 Å². The van der Waals surface area contributed by atoms with Crippen molar-refractivity contribution in [1.29, 1.82) is 0 Å². The van der Waals surface area contributed by atoms with Crippen molar-refractivity contribution in [3.05, 3.63) is 34.9 Å². The van der Waals surface area contributed by atoms with Crippen molar-refractivity contribution in [2.45, 2.75) is 54.3 Å². The van der Waals surface area contributed by atoms with E-state index in [1.165, 1.54) is 38.5 Å². The minimum Gasteiger partial charge on any atom is -0.0617 e.